The van der Waals surface area contributed by atoms with Crippen LogP contribution in [0.5, 0.6) is 5.75 Å². The summed E-state index contributed by atoms with van der Waals surface area (Å²) in [5.41, 5.74) is -4.03. The molecule has 2 N–H and O–H groups in total. The maximum Gasteiger partial charge on any atom is 0.333 e. The third kappa shape index (κ3) is 5.31. The van der Waals surface area contributed by atoms with Crippen molar-refractivity contribution in [2.45, 2.75) is 58.4 Å². The molecule has 13 heteroatoms. The molecule has 0 fully saturated rings. The predicted octanol–water partition coefficient (Wildman–Crippen LogP) is 3.22. The lowest BCUT2D eigenvalue weighted by atomic mass is 10.0. The van der Waals surface area contributed by atoms with E-state index in [2.05, 4.69) is 5.10 Å². The summed E-state index contributed by atoms with van der Waals surface area (Å²) in [6.07, 6.45) is 2.22. The van der Waals surface area contributed by atoms with Crippen molar-refractivity contribution in [2.75, 3.05) is 13.7 Å². The van der Waals surface area contributed by atoms with E-state index in [1.807, 2.05) is 0 Å². The Balaban J connectivity index is 2.04. The number of carboxylic acid groups (broad SMARTS) is 1. The molecule has 4 rings (SSSR count). The molecule has 0 amide bonds. The Morgan fingerprint density at radius 1 is 1.23 bits per heavy atom. The van der Waals surface area contributed by atoms with E-state index < -0.39 is 40.3 Å². The zero-order valence-electron chi connectivity index (χ0n) is 23.0. The summed E-state index contributed by atoms with van der Waals surface area (Å²) in [6.45, 7) is 6.86. The lowest BCUT2D eigenvalue weighted by molar-refractivity contribution is -0.146. The smallest absolute Gasteiger partial charge is 0.333 e. The number of methoxy groups -OCH3 is 1. The van der Waals surface area contributed by atoms with Gasteiger partial charge in [0.05, 0.1) is 31.2 Å². The lowest BCUT2D eigenvalue weighted by Gasteiger charge is -2.27. The van der Waals surface area contributed by atoms with Crippen molar-refractivity contribution in [2.24, 2.45) is 0 Å². The zero-order valence-corrected chi connectivity index (χ0v) is 23.8. The normalized spacial score (nSPS) is 13.1. The van der Waals surface area contributed by atoms with E-state index in [0.717, 1.165) is 11.3 Å². The highest BCUT2D eigenvalue weighted by molar-refractivity contribution is 7.21. The Hall–Kier alpha value is -3.81. The number of aromatic nitrogens is 4. The Labute approximate surface area is 232 Å². The van der Waals surface area contributed by atoms with Crippen LogP contribution in [0, 0.1) is 12.7 Å². The number of fused-ring (bicyclic) bond motifs is 1. The van der Waals surface area contributed by atoms with Crippen LogP contribution < -0.4 is 16.0 Å². The molecule has 0 spiro atoms. The Morgan fingerprint density at radius 2 is 1.93 bits per heavy atom. The SMILES string of the molecule is COc1ccc(F)cc1[C@H](Cn1c(=O)n(C(C)(C)C(=O)O)c(=O)c2c(C)c(-n3cccn3)sc21)OCC(C)(C)O. The van der Waals surface area contributed by atoms with Crippen molar-refractivity contribution in [1.82, 2.24) is 18.9 Å². The molecule has 0 unspecified atom stereocenters. The second-order valence-electron chi connectivity index (χ2n) is 10.6. The summed E-state index contributed by atoms with van der Waals surface area (Å²) >= 11 is 1.13. The molecule has 0 bridgehead atoms. The number of carbonyl (C=O) groups is 1. The van der Waals surface area contributed by atoms with Gasteiger partial charge in [-0.3, -0.25) is 9.36 Å². The van der Waals surface area contributed by atoms with Gasteiger partial charge in [-0.25, -0.2) is 23.2 Å². The molecule has 11 nitrogen and oxygen atoms in total. The minimum absolute atomic E-state index is 0.150. The Kier molecular flexibility index (Phi) is 7.76. The molecule has 0 aliphatic heterocycles. The van der Waals surface area contributed by atoms with Crippen LogP contribution >= 0.6 is 11.3 Å². The van der Waals surface area contributed by atoms with Crippen molar-refractivity contribution >= 4 is 27.5 Å². The largest absolute Gasteiger partial charge is 0.496 e. The number of ether oxygens (including phenoxy) is 2. The third-order valence-corrected chi connectivity index (χ3v) is 7.81. The van der Waals surface area contributed by atoms with E-state index in [1.165, 1.54) is 57.6 Å². The first-order chi connectivity index (χ1) is 18.7. The first-order valence-corrected chi connectivity index (χ1v) is 13.2. The van der Waals surface area contributed by atoms with Gasteiger partial charge < -0.3 is 19.7 Å². The second-order valence-corrected chi connectivity index (χ2v) is 11.5. The summed E-state index contributed by atoms with van der Waals surface area (Å²) < 4.78 is 29.4. The summed E-state index contributed by atoms with van der Waals surface area (Å²) in [6, 6.07) is 5.55. The number of carboxylic acids is 1. The highest BCUT2D eigenvalue weighted by Gasteiger charge is 2.36. The summed E-state index contributed by atoms with van der Waals surface area (Å²) in [5, 5.41) is 25.3. The summed E-state index contributed by atoms with van der Waals surface area (Å²) in [4.78, 5) is 40.2. The standard InChI is InChI=1S/C27H31FN4O7S/c1-15-20-21(33)32(27(4,5)24(34)35)25(36)30(23(20)40-22(15)31-11-7-10-29-31)13-19(39-14-26(2,3)37)17-12-16(28)8-9-18(17)38-6/h7-12,19,37H,13-14H2,1-6H3,(H,34,35)/t19-/m0/s1. The van der Waals surface area contributed by atoms with Crippen molar-refractivity contribution in [3.05, 3.63) is 74.4 Å². The fourth-order valence-corrected chi connectivity index (χ4v) is 5.60. The molecule has 3 aromatic heterocycles. The molecule has 0 saturated heterocycles. The minimum Gasteiger partial charge on any atom is -0.496 e. The van der Waals surface area contributed by atoms with Gasteiger partial charge in [-0.2, -0.15) is 5.10 Å². The molecule has 1 atom stereocenters. The maximum atomic E-state index is 14.4. The van der Waals surface area contributed by atoms with Crippen LogP contribution in [0.15, 0.2) is 46.2 Å². The number of thiophene rings is 1. The first kappa shape index (κ1) is 29.2. The number of halogens is 1. The van der Waals surface area contributed by atoms with Gasteiger partial charge in [-0.15, -0.1) is 0 Å². The quantitative estimate of drug-likeness (QED) is 0.295. The van der Waals surface area contributed by atoms with Crippen molar-refractivity contribution in [1.29, 1.82) is 0 Å². The molecular weight excluding hydrogens is 543 g/mol. The fraction of sp³-hybridized carbons (Fsp3) is 0.407. The van der Waals surface area contributed by atoms with Crippen LogP contribution in [-0.2, 0) is 21.6 Å². The van der Waals surface area contributed by atoms with Gasteiger partial charge in [0.15, 0.2) is 0 Å². The van der Waals surface area contributed by atoms with E-state index in [1.54, 1.807) is 30.1 Å². The number of hydrogen-bond donors (Lipinski definition) is 2. The van der Waals surface area contributed by atoms with Crippen molar-refractivity contribution in [3.8, 4) is 10.8 Å². The van der Waals surface area contributed by atoms with E-state index in [9.17, 15) is 29.0 Å². The van der Waals surface area contributed by atoms with Gasteiger partial charge in [0.2, 0.25) is 0 Å². The number of aliphatic carboxylic acids is 1. The van der Waals surface area contributed by atoms with Crippen molar-refractivity contribution in [3.63, 3.8) is 0 Å². The molecular formula is C27H31FN4O7S. The highest BCUT2D eigenvalue weighted by Crippen LogP contribution is 2.35. The number of aryl methyl sites for hydroxylation is 1. The molecule has 0 radical (unpaired) electrons. The van der Waals surface area contributed by atoms with E-state index in [-0.39, 0.29) is 34.7 Å². The Bertz CT molecular complexity index is 1680. The highest BCUT2D eigenvalue weighted by atomic mass is 32.1. The van der Waals surface area contributed by atoms with Crippen LogP contribution in [0.2, 0.25) is 0 Å². The third-order valence-electron chi connectivity index (χ3n) is 6.51. The molecule has 1 aromatic carbocycles. The van der Waals surface area contributed by atoms with Gasteiger partial charge in [-0.1, -0.05) is 11.3 Å². The van der Waals surface area contributed by atoms with Crippen LogP contribution in [0.25, 0.3) is 15.2 Å². The molecule has 4 aromatic rings. The number of rotatable bonds is 10. The maximum absolute atomic E-state index is 14.4. The fourth-order valence-electron chi connectivity index (χ4n) is 4.36. The average molecular weight is 575 g/mol. The van der Waals surface area contributed by atoms with Gasteiger partial charge in [-0.05, 0) is 58.9 Å². The van der Waals surface area contributed by atoms with Gasteiger partial charge >= 0.3 is 11.7 Å². The first-order valence-electron chi connectivity index (χ1n) is 12.4. The lowest BCUT2D eigenvalue weighted by Crippen LogP contribution is -2.52. The second kappa shape index (κ2) is 10.6. The molecule has 0 aliphatic rings. The minimum atomic E-state index is -1.90. The van der Waals surface area contributed by atoms with Gasteiger partial charge in [0.25, 0.3) is 5.56 Å². The number of hydrogen-bond acceptors (Lipinski definition) is 8. The van der Waals surface area contributed by atoms with E-state index in [0.29, 0.717) is 15.1 Å². The molecule has 0 saturated carbocycles. The number of benzene rings is 1. The van der Waals surface area contributed by atoms with Crippen LogP contribution in [-0.4, -0.2) is 54.4 Å². The van der Waals surface area contributed by atoms with Gasteiger partial charge in [0.1, 0.15) is 33.0 Å². The zero-order chi connectivity index (χ0) is 29.6. The van der Waals surface area contributed by atoms with E-state index in [4.69, 9.17) is 9.47 Å². The topological polar surface area (TPSA) is 138 Å². The average Bonchev–Trinajstić information content (AvgIpc) is 3.51. The van der Waals surface area contributed by atoms with Crippen LogP contribution in [0.1, 0.15) is 44.9 Å². The number of nitrogens with zero attached hydrogens (tertiary/aromatic N) is 4. The van der Waals surface area contributed by atoms with Crippen LogP contribution in [0.4, 0.5) is 4.39 Å². The molecule has 214 valence electrons. The molecule has 3 heterocycles. The van der Waals surface area contributed by atoms with E-state index >= 15 is 0 Å². The van der Waals surface area contributed by atoms with Gasteiger partial charge in [0, 0.05) is 23.5 Å². The Morgan fingerprint density at radius 3 is 2.50 bits per heavy atom. The number of aliphatic hydroxyl groups is 1. The van der Waals surface area contributed by atoms with Crippen LogP contribution in [0.3, 0.4) is 0 Å². The molecule has 40 heavy (non-hydrogen) atoms. The molecule has 0 aliphatic carbocycles. The predicted molar refractivity (Wildman–Crippen MR) is 147 cm³/mol. The summed E-state index contributed by atoms with van der Waals surface area (Å²) in [5.74, 6) is -1.67. The summed E-state index contributed by atoms with van der Waals surface area (Å²) in [7, 11) is 1.41. The van der Waals surface area contributed by atoms with Crippen molar-refractivity contribution < 1.29 is 28.9 Å². The monoisotopic (exact) mass is 574 g/mol.